The summed E-state index contributed by atoms with van der Waals surface area (Å²) in [6.45, 7) is 3.99. The third-order valence-electron chi connectivity index (χ3n) is 4.19. The van der Waals surface area contributed by atoms with Gasteiger partial charge in [-0.3, -0.25) is 4.79 Å². The standard InChI is InChI=1S/C20H20N2O4S/c1-14-8-9-17(11-15(14)2)22-20(23)16-5-3-7-19(12-16)27(24,25)21-13-18-6-4-10-26-18/h3-12,21H,13H2,1-2H3,(H,22,23). The van der Waals surface area contributed by atoms with Gasteiger partial charge in [-0.25, -0.2) is 13.1 Å². The summed E-state index contributed by atoms with van der Waals surface area (Å²) in [4.78, 5) is 12.5. The van der Waals surface area contributed by atoms with E-state index in [0.717, 1.165) is 11.1 Å². The number of benzene rings is 2. The van der Waals surface area contributed by atoms with Crippen LogP contribution in [0.4, 0.5) is 5.69 Å². The van der Waals surface area contributed by atoms with Gasteiger partial charge < -0.3 is 9.73 Å². The lowest BCUT2D eigenvalue weighted by Gasteiger charge is -2.10. The molecule has 140 valence electrons. The van der Waals surface area contributed by atoms with E-state index in [0.29, 0.717) is 11.4 Å². The normalized spacial score (nSPS) is 11.3. The van der Waals surface area contributed by atoms with Crippen LogP contribution in [0.25, 0.3) is 0 Å². The molecule has 3 rings (SSSR count). The lowest BCUT2D eigenvalue weighted by Crippen LogP contribution is -2.23. The van der Waals surface area contributed by atoms with Gasteiger partial charge in [0, 0.05) is 11.3 Å². The maximum absolute atomic E-state index is 12.5. The van der Waals surface area contributed by atoms with Gasteiger partial charge in [0.25, 0.3) is 5.91 Å². The van der Waals surface area contributed by atoms with Crippen LogP contribution in [0, 0.1) is 13.8 Å². The topological polar surface area (TPSA) is 88.4 Å². The molecular weight excluding hydrogens is 364 g/mol. The largest absolute Gasteiger partial charge is 0.468 e. The van der Waals surface area contributed by atoms with Gasteiger partial charge in [-0.2, -0.15) is 0 Å². The monoisotopic (exact) mass is 384 g/mol. The fourth-order valence-electron chi connectivity index (χ4n) is 2.49. The van der Waals surface area contributed by atoms with Gasteiger partial charge in [0.15, 0.2) is 0 Å². The molecular formula is C20H20N2O4S. The van der Waals surface area contributed by atoms with Crippen LogP contribution in [0.1, 0.15) is 27.2 Å². The first-order valence-corrected chi connectivity index (χ1v) is 9.84. The van der Waals surface area contributed by atoms with E-state index in [-0.39, 0.29) is 22.9 Å². The molecule has 2 N–H and O–H groups in total. The molecule has 0 spiro atoms. The number of amides is 1. The highest BCUT2D eigenvalue weighted by atomic mass is 32.2. The Morgan fingerprint density at radius 1 is 1.00 bits per heavy atom. The van der Waals surface area contributed by atoms with Crippen LogP contribution in [0.2, 0.25) is 0 Å². The van der Waals surface area contributed by atoms with Gasteiger partial charge in [-0.15, -0.1) is 0 Å². The third-order valence-corrected chi connectivity index (χ3v) is 5.59. The van der Waals surface area contributed by atoms with E-state index in [1.54, 1.807) is 18.2 Å². The van der Waals surface area contributed by atoms with Crippen molar-refractivity contribution in [2.24, 2.45) is 0 Å². The third kappa shape index (κ3) is 4.64. The van der Waals surface area contributed by atoms with Crippen molar-refractivity contribution >= 4 is 21.6 Å². The number of anilines is 1. The van der Waals surface area contributed by atoms with Gasteiger partial charge in [-0.05, 0) is 67.4 Å². The summed E-state index contributed by atoms with van der Waals surface area (Å²) in [5.74, 6) is 0.128. The highest BCUT2D eigenvalue weighted by Crippen LogP contribution is 2.17. The lowest BCUT2D eigenvalue weighted by atomic mass is 10.1. The zero-order valence-electron chi connectivity index (χ0n) is 15.0. The predicted molar refractivity (Wildman–Crippen MR) is 103 cm³/mol. The van der Waals surface area contributed by atoms with Crippen LogP contribution in [0.15, 0.2) is 70.2 Å². The van der Waals surface area contributed by atoms with E-state index in [1.165, 1.54) is 24.5 Å². The Morgan fingerprint density at radius 3 is 2.52 bits per heavy atom. The Bertz CT molecular complexity index is 1060. The predicted octanol–water partition coefficient (Wildman–Crippen LogP) is 3.63. The van der Waals surface area contributed by atoms with Crippen molar-refractivity contribution in [1.82, 2.24) is 4.72 Å². The Labute approximate surface area is 158 Å². The van der Waals surface area contributed by atoms with Crippen molar-refractivity contribution in [2.75, 3.05) is 5.32 Å². The summed E-state index contributed by atoms with van der Waals surface area (Å²) in [7, 11) is -3.77. The fraction of sp³-hybridized carbons (Fsp3) is 0.150. The zero-order valence-corrected chi connectivity index (χ0v) is 15.8. The molecule has 0 fully saturated rings. The molecule has 2 aromatic carbocycles. The second-order valence-corrected chi connectivity index (χ2v) is 7.95. The molecule has 7 heteroatoms. The molecule has 27 heavy (non-hydrogen) atoms. The molecule has 0 saturated heterocycles. The van der Waals surface area contributed by atoms with E-state index in [1.807, 2.05) is 32.0 Å². The molecule has 0 radical (unpaired) electrons. The average molecular weight is 384 g/mol. The van der Waals surface area contributed by atoms with Crippen LogP contribution in [-0.4, -0.2) is 14.3 Å². The van der Waals surface area contributed by atoms with Gasteiger partial charge in [0.2, 0.25) is 10.0 Å². The maximum Gasteiger partial charge on any atom is 0.255 e. The molecule has 0 unspecified atom stereocenters. The van der Waals surface area contributed by atoms with Crippen LogP contribution < -0.4 is 10.0 Å². The number of hydrogen-bond donors (Lipinski definition) is 2. The number of nitrogens with one attached hydrogen (secondary N) is 2. The number of rotatable bonds is 6. The second kappa shape index (κ2) is 7.77. The summed E-state index contributed by atoms with van der Waals surface area (Å²) in [5.41, 5.74) is 3.11. The Kier molecular flexibility index (Phi) is 5.43. The van der Waals surface area contributed by atoms with Crippen molar-refractivity contribution in [3.63, 3.8) is 0 Å². The lowest BCUT2D eigenvalue weighted by molar-refractivity contribution is 0.102. The van der Waals surface area contributed by atoms with Crippen molar-refractivity contribution < 1.29 is 17.6 Å². The Hall–Kier alpha value is -2.90. The number of aryl methyl sites for hydroxylation is 2. The first-order chi connectivity index (χ1) is 12.8. The van der Waals surface area contributed by atoms with Crippen molar-refractivity contribution in [2.45, 2.75) is 25.3 Å². The number of carbonyl (C=O) groups excluding carboxylic acids is 1. The Balaban J connectivity index is 1.75. The average Bonchev–Trinajstić information content (AvgIpc) is 3.17. The van der Waals surface area contributed by atoms with E-state index in [2.05, 4.69) is 10.0 Å². The van der Waals surface area contributed by atoms with E-state index in [4.69, 9.17) is 4.42 Å². The highest BCUT2D eigenvalue weighted by molar-refractivity contribution is 7.89. The molecule has 0 bridgehead atoms. The number of carbonyl (C=O) groups is 1. The fourth-order valence-corrected chi connectivity index (χ4v) is 3.53. The molecule has 0 aliphatic carbocycles. The van der Waals surface area contributed by atoms with Gasteiger partial charge in [0.05, 0.1) is 17.7 Å². The van der Waals surface area contributed by atoms with Crippen LogP contribution in [-0.2, 0) is 16.6 Å². The minimum atomic E-state index is -3.77. The Morgan fingerprint density at radius 2 is 1.81 bits per heavy atom. The summed E-state index contributed by atoms with van der Waals surface area (Å²) >= 11 is 0. The van der Waals surface area contributed by atoms with Crippen molar-refractivity contribution in [3.05, 3.63) is 83.3 Å². The SMILES string of the molecule is Cc1ccc(NC(=O)c2cccc(S(=O)(=O)NCc3ccco3)c2)cc1C. The quantitative estimate of drug-likeness (QED) is 0.679. The molecule has 0 aliphatic rings. The zero-order chi connectivity index (χ0) is 19.4. The summed E-state index contributed by atoms with van der Waals surface area (Å²) < 4.78 is 32.5. The number of hydrogen-bond acceptors (Lipinski definition) is 4. The van der Waals surface area contributed by atoms with Gasteiger partial charge in [-0.1, -0.05) is 12.1 Å². The van der Waals surface area contributed by atoms with Crippen molar-refractivity contribution in [3.8, 4) is 0 Å². The molecule has 3 aromatic rings. The summed E-state index contributed by atoms with van der Waals surface area (Å²) in [6, 6.07) is 14.9. The van der Waals surface area contributed by atoms with E-state index < -0.39 is 10.0 Å². The van der Waals surface area contributed by atoms with E-state index >= 15 is 0 Å². The minimum absolute atomic E-state index is 0.0155. The molecule has 0 saturated carbocycles. The van der Waals surface area contributed by atoms with Crippen LogP contribution in [0.5, 0.6) is 0 Å². The number of furan rings is 1. The molecule has 0 atom stereocenters. The first-order valence-electron chi connectivity index (χ1n) is 8.36. The summed E-state index contributed by atoms with van der Waals surface area (Å²) in [6.07, 6.45) is 1.47. The van der Waals surface area contributed by atoms with Crippen LogP contribution in [0.3, 0.4) is 0 Å². The van der Waals surface area contributed by atoms with Gasteiger partial charge in [0.1, 0.15) is 5.76 Å². The summed E-state index contributed by atoms with van der Waals surface area (Å²) in [5, 5.41) is 2.79. The molecule has 6 nitrogen and oxygen atoms in total. The molecule has 1 amide bonds. The smallest absolute Gasteiger partial charge is 0.255 e. The second-order valence-electron chi connectivity index (χ2n) is 6.18. The molecule has 0 aliphatic heterocycles. The van der Waals surface area contributed by atoms with Gasteiger partial charge >= 0.3 is 0 Å². The highest BCUT2D eigenvalue weighted by Gasteiger charge is 2.17. The van der Waals surface area contributed by atoms with Crippen LogP contribution >= 0.6 is 0 Å². The molecule has 1 aromatic heterocycles. The van der Waals surface area contributed by atoms with Crippen molar-refractivity contribution in [1.29, 1.82) is 0 Å². The minimum Gasteiger partial charge on any atom is -0.468 e. The number of sulfonamides is 1. The molecule has 1 heterocycles. The maximum atomic E-state index is 12.5. The first kappa shape index (κ1) is 18.9. The van der Waals surface area contributed by atoms with E-state index in [9.17, 15) is 13.2 Å².